The van der Waals surface area contributed by atoms with E-state index >= 15 is 0 Å². The van der Waals surface area contributed by atoms with Crippen LogP contribution in [-0.2, 0) is 19.5 Å². The number of carbonyl (C=O) groups is 1. The van der Waals surface area contributed by atoms with Gasteiger partial charge >= 0.3 is 0 Å². The number of nitrogens with zero attached hydrogens (tertiary/aromatic N) is 2. The number of carbonyl (C=O) groups excluding carboxylic acids is 1. The summed E-state index contributed by atoms with van der Waals surface area (Å²) in [5, 5.41) is 16.7. The minimum absolute atomic E-state index is 0.000625. The number of rotatable bonds is 10. The maximum absolute atomic E-state index is 12.5. The summed E-state index contributed by atoms with van der Waals surface area (Å²) in [5.41, 5.74) is 3.98. The zero-order chi connectivity index (χ0) is 25.4. The first kappa shape index (κ1) is 25.9. The van der Waals surface area contributed by atoms with Gasteiger partial charge in [0, 0.05) is 38.1 Å². The van der Waals surface area contributed by atoms with Gasteiger partial charge in [0.25, 0.3) is 5.91 Å². The second-order valence-electron chi connectivity index (χ2n) is 10.6. The van der Waals surface area contributed by atoms with Crippen molar-refractivity contribution in [3.8, 4) is 5.75 Å². The highest BCUT2D eigenvalue weighted by atomic mass is 16.3. The van der Waals surface area contributed by atoms with Crippen molar-refractivity contribution in [1.29, 1.82) is 0 Å². The molecule has 190 valence electrons. The van der Waals surface area contributed by atoms with Gasteiger partial charge in [-0.15, -0.1) is 0 Å². The van der Waals surface area contributed by atoms with Crippen LogP contribution in [0.1, 0.15) is 53.7 Å². The van der Waals surface area contributed by atoms with Gasteiger partial charge in [-0.2, -0.15) is 0 Å². The maximum atomic E-state index is 12.5. The maximum Gasteiger partial charge on any atom is 0.255 e. The molecule has 0 atom stereocenters. The van der Waals surface area contributed by atoms with Crippen molar-refractivity contribution in [3.63, 3.8) is 0 Å². The second-order valence-corrected chi connectivity index (χ2v) is 10.6. The number of benzene rings is 2. The minimum atomic E-state index is -0.257. The molecule has 6 nitrogen and oxygen atoms in total. The first-order valence-electron chi connectivity index (χ1n) is 12.9. The van der Waals surface area contributed by atoms with Crippen LogP contribution in [0.5, 0.6) is 5.75 Å². The predicted molar refractivity (Wildman–Crippen MR) is 144 cm³/mol. The van der Waals surface area contributed by atoms with Crippen molar-refractivity contribution in [1.82, 2.24) is 20.5 Å². The molecule has 0 aliphatic carbocycles. The number of amides is 1. The number of phenols is 1. The van der Waals surface area contributed by atoms with Gasteiger partial charge in [0.1, 0.15) is 5.75 Å². The zero-order valence-electron chi connectivity index (χ0n) is 21.4. The van der Waals surface area contributed by atoms with Crippen molar-refractivity contribution in [3.05, 3.63) is 95.3 Å². The SMILES string of the molecule is CC(C)(CNC(=O)c1ccccc1O)Cc1cnccc1CNC1CCN(Cc2ccccc2)CC1. The molecule has 2 heterocycles. The standard InChI is InChI=1S/C30H38N4O2/c1-30(2,22-33-29(36)27-10-6-7-11-28(27)35)18-25-19-31-15-12-24(25)20-32-26-13-16-34(17-14-26)21-23-8-4-3-5-9-23/h3-12,15,19,26,32,35H,13-14,16-18,20-22H2,1-2H3,(H,33,36). The Morgan fingerprint density at radius 2 is 1.75 bits per heavy atom. The van der Waals surface area contributed by atoms with E-state index in [0.717, 1.165) is 45.4 Å². The largest absolute Gasteiger partial charge is 0.507 e. The number of para-hydroxylation sites is 1. The van der Waals surface area contributed by atoms with Crippen molar-refractivity contribution < 1.29 is 9.90 Å². The quantitative estimate of drug-likeness (QED) is 0.392. The Balaban J connectivity index is 1.26. The van der Waals surface area contributed by atoms with Crippen molar-refractivity contribution >= 4 is 5.91 Å². The van der Waals surface area contributed by atoms with Crippen LogP contribution in [0.3, 0.4) is 0 Å². The second kappa shape index (κ2) is 12.2. The highest BCUT2D eigenvalue weighted by Gasteiger charge is 2.23. The van der Waals surface area contributed by atoms with E-state index in [1.165, 1.54) is 22.8 Å². The summed E-state index contributed by atoms with van der Waals surface area (Å²) in [6.45, 7) is 8.86. The number of likely N-dealkylation sites (tertiary alicyclic amines) is 1. The Morgan fingerprint density at radius 3 is 2.50 bits per heavy atom. The Hall–Kier alpha value is -3.22. The van der Waals surface area contributed by atoms with Gasteiger partial charge in [0.2, 0.25) is 0 Å². The molecule has 0 unspecified atom stereocenters. The van der Waals surface area contributed by atoms with Crippen LogP contribution in [-0.4, -0.2) is 46.6 Å². The summed E-state index contributed by atoms with van der Waals surface area (Å²) < 4.78 is 0. The van der Waals surface area contributed by atoms with E-state index in [1.807, 2.05) is 12.4 Å². The number of aromatic nitrogens is 1. The number of hydrogen-bond donors (Lipinski definition) is 3. The van der Waals surface area contributed by atoms with E-state index in [2.05, 4.69) is 70.8 Å². The molecule has 2 aromatic carbocycles. The minimum Gasteiger partial charge on any atom is -0.507 e. The molecule has 1 aliphatic heterocycles. The number of phenolic OH excluding ortho intramolecular Hbond substituents is 1. The van der Waals surface area contributed by atoms with Gasteiger partial charge in [-0.25, -0.2) is 0 Å². The smallest absolute Gasteiger partial charge is 0.255 e. The molecule has 6 heteroatoms. The van der Waals surface area contributed by atoms with Crippen LogP contribution in [0, 0.1) is 5.41 Å². The molecule has 1 fully saturated rings. The molecule has 1 aromatic heterocycles. The molecule has 3 N–H and O–H groups in total. The van der Waals surface area contributed by atoms with Crippen molar-refractivity contribution in [2.24, 2.45) is 5.41 Å². The van der Waals surface area contributed by atoms with Crippen LogP contribution >= 0.6 is 0 Å². The molecule has 1 amide bonds. The van der Waals surface area contributed by atoms with Gasteiger partial charge in [0.15, 0.2) is 0 Å². The van der Waals surface area contributed by atoms with Crippen LogP contribution < -0.4 is 10.6 Å². The lowest BCUT2D eigenvalue weighted by molar-refractivity contribution is 0.0933. The molecule has 0 spiro atoms. The van der Waals surface area contributed by atoms with Gasteiger partial charge in [-0.3, -0.25) is 14.7 Å². The first-order chi connectivity index (χ1) is 17.4. The highest BCUT2D eigenvalue weighted by molar-refractivity contribution is 5.96. The van der Waals surface area contributed by atoms with Gasteiger partial charge in [-0.1, -0.05) is 56.3 Å². The number of nitrogens with one attached hydrogen (secondary N) is 2. The van der Waals surface area contributed by atoms with E-state index in [0.29, 0.717) is 18.2 Å². The topological polar surface area (TPSA) is 77.5 Å². The fourth-order valence-electron chi connectivity index (χ4n) is 4.84. The van der Waals surface area contributed by atoms with Crippen LogP contribution in [0.4, 0.5) is 0 Å². The average molecular weight is 487 g/mol. The van der Waals surface area contributed by atoms with Gasteiger partial charge in [-0.05, 0) is 72.7 Å². The Bertz CT molecular complexity index is 1120. The third-order valence-corrected chi connectivity index (χ3v) is 6.97. The van der Waals surface area contributed by atoms with Crippen molar-refractivity contribution in [2.45, 2.75) is 52.2 Å². The summed E-state index contributed by atoms with van der Waals surface area (Å²) >= 11 is 0. The number of aromatic hydroxyl groups is 1. The summed E-state index contributed by atoms with van der Waals surface area (Å²) in [6, 6.07) is 19.9. The number of piperidine rings is 1. The van der Waals surface area contributed by atoms with E-state index in [4.69, 9.17) is 0 Å². The molecule has 1 saturated heterocycles. The molecule has 3 aromatic rings. The van der Waals surface area contributed by atoms with Crippen LogP contribution in [0.15, 0.2) is 73.1 Å². The molecule has 0 bridgehead atoms. The normalized spacial score (nSPS) is 15.1. The molecule has 36 heavy (non-hydrogen) atoms. The van der Waals surface area contributed by atoms with E-state index in [1.54, 1.807) is 18.2 Å². The van der Waals surface area contributed by atoms with E-state index < -0.39 is 0 Å². The molecule has 1 aliphatic rings. The first-order valence-corrected chi connectivity index (χ1v) is 12.9. The fraction of sp³-hybridized carbons (Fsp3) is 0.400. The van der Waals surface area contributed by atoms with Crippen LogP contribution in [0.25, 0.3) is 0 Å². The Morgan fingerprint density at radius 1 is 1.03 bits per heavy atom. The molecule has 0 saturated carbocycles. The van der Waals surface area contributed by atoms with Crippen molar-refractivity contribution in [2.75, 3.05) is 19.6 Å². The van der Waals surface area contributed by atoms with Gasteiger partial charge in [0.05, 0.1) is 5.56 Å². The van der Waals surface area contributed by atoms with Crippen LogP contribution in [0.2, 0.25) is 0 Å². The fourth-order valence-corrected chi connectivity index (χ4v) is 4.84. The lowest BCUT2D eigenvalue weighted by Crippen LogP contribution is -2.42. The summed E-state index contributed by atoms with van der Waals surface area (Å²) in [7, 11) is 0. The highest BCUT2D eigenvalue weighted by Crippen LogP contribution is 2.24. The lowest BCUT2D eigenvalue weighted by atomic mass is 9.84. The molecular formula is C30H38N4O2. The monoisotopic (exact) mass is 486 g/mol. The third kappa shape index (κ3) is 7.39. The summed E-state index contributed by atoms with van der Waals surface area (Å²) in [6.07, 6.45) is 6.91. The summed E-state index contributed by atoms with van der Waals surface area (Å²) in [5.74, 6) is -0.257. The number of pyridine rings is 1. The van der Waals surface area contributed by atoms with E-state index in [-0.39, 0.29) is 17.1 Å². The Kier molecular flexibility index (Phi) is 8.73. The summed E-state index contributed by atoms with van der Waals surface area (Å²) in [4.78, 5) is 19.5. The zero-order valence-corrected chi connectivity index (χ0v) is 21.4. The van der Waals surface area contributed by atoms with Gasteiger partial charge < -0.3 is 15.7 Å². The molecule has 4 rings (SSSR count). The molecular weight excluding hydrogens is 448 g/mol. The Labute approximate surface area is 214 Å². The average Bonchev–Trinajstić information content (AvgIpc) is 2.88. The predicted octanol–water partition coefficient (Wildman–Crippen LogP) is 4.54. The lowest BCUT2D eigenvalue weighted by Gasteiger charge is -2.33. The van der Waals surface area contributed by atoms with E-state index in [9.17, 15) is 9.90 Å². The molecule has 0 radical (unpaired) electrons. The number of hydrogen-bond acceptors (Lipinski definition) is 5. The third-order valence-electron chi connectivity index (χ3n) is 6.97.